The zero-order valence-corrected chi connectivity index (χ0v) is 8.77. The molecule has 17 heavy (non-hydrogen) atoms. The predicted octanol–water partition coefficient (Wildman–Crippen LogP) is 1.66. The van der Waals surface area contributed by atoms with Gasteiger partial charge in [-0.1, -0.05) is 18.2 Å². The number of fused-ring (bicyclic) bond motifs is 5. The number of aromatic amines is 2. The maximum absolute atomic E-state index is 11.8. The standard InChI is InChI=1S/C12H8N4O/c17-12-11-13-5-6-16(11)10-9(15-12)7-3-1-2-4-8(7)14-10/h1-6,14H,(H,15,17). The van der Waals surface area contributed by atoms with Crippen LogP contribution in [0.5, 0.6) is 0 Å². The van der Waals surface area contributed by atoms with Gasteiger partial charge >= 0.3 is 0 Å². The summed E-state index contributed by atoms with van der Waals surface area (Å²) in [7, 11) is 0. The van der Waals surface area contributed by atoms with Crippen molar-refractivity contribution >= 4 is 27.7 Å². The second kappa shape index (κ2) is 2.76. The number of hydrogen-bond acceptors (Lipinski definition) is 2. The molecule has 0 saturated carbocycles. The van der Waals surface area contributed by atoms with Gasteiger partial charge in [-0.3, -0.25) is 9.20 Å². The van der Waals surface area contributed by atoms with Crippen LogP contribution in [0.1, 0.15) is 0 Å². The smallest absolute Gasteiger partial charge is 0.292 e. The van der Waals surface area contributed by atoms with Crippen LogP contribution in [-0.2, 0) is 0 Å². The Kier molecular flexibility index (Phi) is 1.39. The fraction of sp³-hybridized carbons (Fsp3) is 0. The van der Waals surface area contributed by atoms with Crippen molar-refractivity contribution in [3.63, 3.8) is 0 Å². The Labute approximate surface area is 94.7 Å². The summed E-state index contributed by atoms with van der Waals surface area (Å²) in [5, 5.41) is 1.01. The van der Waals surface area contributed by atoms with Gasteiger partial charge in [-0.2, -0.15) is 0 Å². The normalized spacial score (nSPS) is 11.8. The van der Waals surface area contributed by atoms with Gasteiger partial charge in [-0.05, 0) is 6.07 Å². The van der Waals surface area contributed by atoms with E-state index in [4.69, 9.17) is 0 Å². The van der Waals surface area contributed by atoms with Crippen molar-refractivity contribution in [1.29, 1.82) is 0 Å². The fourth-order valence-corrected chi connectivity index (χ4v) is 2.26. The molecule has 5 nitrogen and oxygen atoms in total. The summed E-state index contributed by atoms with van der Waals surface area (Å²) in [6.45, 7) is 0. The Balaban J connectivity index is 2.43. The molecule has 1 aromatic carbocycles. The van der Waals surface area contributed by atoms with E-state index in [1.807, 2.05) is 24.3 Å². The minimum Gasteiger partial charge on any atom is -0.339 e. The van der Waals surface area contributed by atoms with Crippen molar-refractivity contribution in [1.82, 2.24) is 19.4 Å². The molecule has 0 atom stereocenters. The van der Waals surface area contributed by atoms with Gasteiger partial charge in [0.1, 0.15) is 5.65 Å². The van der Waals surface area contributed by atoms with Crippen LogP contribution in [0.25, 0.3) is 27.7 Å². The van der Waals surface area contributed by atoms with Gasteiger partial charge in [0.2, 0.25) is 5.65 Å². The first-order valence-electron chi connectivity index (χ1n) is 5.30. The zero-order chi connectivity index (χ0) is 11.4. The molecule has 0 saturated heterocycles. The van der Waals surface area contributed by atoms with Gasteiger partial charge in [0.15, 0.2) is 0 Å². The molecule has 0 amide bonds. The van der Waals surface area contributed by atoms with E-state index in [1.165, 1.54) is 0 Å². The van der Waals surface area contributed by atoms with E-state index in [0.717, 1.165) is 22.1 Å². The number of nitrogens with zero attached hydrogens (tertiary/aromatic N) is 2. The Hall–Kier alpha value is -2.56. The summed E-state index contributed by atoms with van der Waals surface area (Å²) < 4.78 is 1.77. The van der Waals surface area contributed by atoms with Crippen molar-refractivity contribution < 1.29 is 0 Å². The molecule has 5 heteroatoms. The quantitative estimate of drug-likeness (QED) is 0.477. The molecule has 3 heterocycles. The van der Waals surface area contributed by atoms with E-state index in [0.29, 0.717) is 5.65 Å². The number of nitrogens with one attached hydrogen (secondary N) is 2. The lowest BCUT2D eigenvalue weighted by molar-refractivity contribution is 1.15. The third-order valence-electron chi connectivity index (χ3n) is 3.01. The molecule has 0 spiro atoms. The predicted molar refractivity (Wildman–Crippen MR) is 65.2 cm³/mol. The minimum absolute atomic E-state index is 0.174. The lowest BCUT2D eigenvalue weighted by Crippen LogP contribution is -2.09. The van der Waals surface area contributed by atoms with Crippen LogP contribution in [0.4, 0.5) is 0 Å². The molecular formula is C12H8N4O. The number of rotatable bonds is 0. The van der Waals surface area contributed by atoms with Gasteiger partial charge in [-0.15, -0.1) is 0 Å². The van der Waals surface area contributed by atoms with Crippen LogP contribution in [0, 0.1) is 0 Å². The highest BCUT2D eigenvalue weighted by Gasteiger charge is 2.10. The summed E-state index contributed by atoms with van der Waals surface area (Å²) in [5.74, 6) is 0. The van der Waals surface area contributed by atoms with Crippen molar-refractivity contribution in [2.24, 2.45) is 0 Å². The summed E-state index contributed by atoms with van der Waals surface area (Å²) >= 11 is 0. The molecule has 82 valence electrons. The summed E-state index contributed by atoms with van der Waals surface area (Å²) in [6, 6.07) is 7.87. The molecule has 0 radical (unpaired) electrons. The first-order chi connectivity index (χ1) is 8.34. The molecule has 0 unspecified atom stereocenters. The average Bonchev–Trinajstić information content (AvgIpc) is 2.93. The monoisotopic (exact) mass is 224 g/mol. The lowest BCUT2D eigenvalue weighted by atomic mass is 10.2. The van der Waals surface area contributed by atoms with E-state index in [-0.39, 0.29) is 5.56 Å². The molecular weight excluding hydrogens is 216 g/mol. The van der Waals surface area contributed by atoms with Crippen molar-refractivity contribution in [3.8, 4) is 0 Å². The van der Waals surface area contributed by atoms with Crippen LogP contribution in [-0.4, -0.2) is 19.4 Å². The average molecular weight is 224 g/mol. The maximum Gasteiger partial charge on any atom is 0.292 e. The molecule has 0 fully saturated rings. The second-order valence-electron chi connectivity index (χ2n) is 3.97. The van der Waals surface area contributed by atoms with E-state index in [1.54, 1.807) is 16.8 Å². The first-order valence-corrected chi connectivity index (χ1v) is 5.30. The van der Waals surface area contributed by atoms with Crippen LogP contribution in [0.15, 0.2) is 41.5 Å². The molecule has 0 aliphatic carbocycles. The highest BCUT2D eigenvalue weighted by Crippen LogP contribution is 2.22. The summed E-state index contributed by atoms with van der Waals surface area (Å²) in [5.41, 5.74) is 2.91. The van der Waals surface area contributed by atoms with Gasteiger partial charge in [-0.25, -0.2) is 4.98 Å². The largest absolute Gasteiger partial charge is 0.339 e. The number of imidazole rings is 1. The van der Waals surface area contributed by atoms with Crippen LogP contribution >= 0.6 is 0 Å². The highest BCUT2D eigenvalue weighted by molar-refractivity contribution is 6.03. The third-order valence-corrected chi connectivity index (χ3v) is 3.01. The molecule has 4 rings (SSSR count). The Morgan fingerprint density at radius 3 is 3.00 bits per heavy atom. The van der Waals surface area contributed by atoms with E-state index >= 15 is 0 Å². The fourth-order valence-electron chi connectivity index (χ4n) is 2.26. The zero-order valence-electron chi connectivity index (χ0n) is 8.77. The number of hydrogen-bond donors (Lipinski definition) is 2. The summed E-state index contributed by atoms with van der Waals surface area (Å²) in [6.07, 6.45) is 3.40. The first kappa shape index (κ1) is 8.58. The van der Waals surface area contributed by atoms with Crippen molar-refractivity contribution in [2.45, 2.75) is 0 Å². The molecule has 0 bridgehead atoms. The van der Waals surface area contributed by atoms with Gasteiger partial charge in [0, 0.05) is 23.3 Å². The molecule has 0 aliphatic rings. The SMILES string of the molecule is O=c1[nH]c2c3ccccc3[nH]c2n2ccnc12. The van der Waals surface area contributed by atoms with Crippen LogP contribution < -0.4 is 5.56 Å². The van der Waals surface area contributed by atoms with Gasteiger partial charge < -0.3 is 9.97 Å². The number of benzene rings is 1. The second-order valence-corrected chi connectivity index (χ2v) is 3.97. The Bertz CT molecular complexity index is 912. The Morgan fingerprint density at radius 1 is 1.18 bits per heavy atom. The van der Waals surface area contributed by atoms with Crippen molar-refractivity contribution in [2.75, 3.05) is 0 Å². The maximum atomic E-state index is 11.8. The molecule has 4 aromatic rings. The van der Waals surface area contributed by atoms with E-state index < -0.39 is 0 Å². The highest BCUT2D eigenvalue weighted by atomic mass is 16.1. The number of H-pyrrole nitrogens is 2. The molecule has 2 N–H and O–H groups in total. The third kappa shape index (κ3) is 0.977. The topological polar surface area (TPSA) is 66.0 Å². The van der Waals surface area contributed by atoms with Gasteiger partial charge in [0.25, 0.3) is 5.56 Å². The number of aromatic nitrogens is 4. The van der Waals surface area contributed by atoms with Crippen molar-refractivity contribution in [3.05, 3.63) is 47.0 Å². The Morgan fingerprint density at radius 2 is 2.06 bits per heavy atom. The van der Waals surface area contributed by atoms with E-state index in [2.05, 4.69) is 15.0 Å². The van der Waals surface area contributed by atoms with Crippen LogP contribution in [0.3, 0.4) is 0 Å². The lowest BCUT2D eigenvalue weighted by Gasteiger charge is -1.95. The van der Waals surface area contributed by atoms with Crippen LogP contribution in [0.2, 0.25) is 0 Å². The summed E-state index contributed by atoms with van der Waals surface area (Å²) in [4.78, 5) is 22.0. The number of para-hydroxylation sites is 1. The molecule has 3 aromatic heterocycles. The van der Waals surface area contributed by atoms with E-state index in [9.17, 15) is 4.79 Å². The van der Waals surface area contributed by atoms with Gasteiger partial charge in [0.05, 0.1) is 5.52 Å². The molecule has 0 aliphatic heterocycles. The minimum atomic E-state index is -0.174.